The van der Waals surface area contributed by atoms with E-state index in [1.807, 2.05) is 0 Å². The van der Waals surface area contributed by atoms with Crippen molar-refractivity contribution in [1.82, 2.24) is 4.90 Å². The fourth-order valence-electron chi connectivity index (χ4n) is 8.07. The molecule has 1 heterocycles. The van der Waals surface area contributed by atoms with Crippen molar-refractivity contribution in [3.8, 4) is 0 Å². The Balaban J connectivity index is 1.33. The van der Waals surface area contributed by atoms with Crippen molar-refractivity contribution >= 4 is 5.91 Å². The molecule has 4 bridgehead atoms. The van der Waals surface area contributed by atoms with Gasteiger partial charge in [0, 0.05) is 24.4 Å². The fraction of sp³-hybridized carbons (Fsp3) is 0.696. The highest BCUT2D eigenvalue weighted by Gasteiger charge is 2.57. The molecule has 0 spiro atoms. The maximum atomic E-state index is 13.4. The van der Waals surface area contributed by atoms with Crippen LogP contribution in [-0.2, 0) is 11.2 Å². The molecule has 132 valence electrons. The lowest BCUT2D eigenvalue weighted by Crippen LogP contribution is -2.59. The highest BCUT2D eigenvalue weighted by Crippen LogP contribution is 2.61. The van der Waals surface area contributed by atoms with Crippen molar-refractivity contribution < 1.29 is 4.79 Å². The molecule has 2 heteroatoms. The molecule has 6 aliphatic rings. The summed E-state index contributed by atoms with van der Waals surface area (Å²) in [6.07, 6.45) is 9.16. The lowest BCUT2D eigenvalue weighted by atomic mass is 9.48. The molecule has 5 aliphatic carbocycles. The van der Waals surface area contributed by atoms with Crippen LogP contribution in [0, 0.1) is 29.1 Å². The summed E-state index contributed by atoms with van der Waals surface area (Å²) in [6.45, 7) is 3.52. The van der Waals surface area contributed by atoms with Gasteiger partial charge in [-0.05, 0) is 79.2 Å². The number of hydrogen-bond donors (Lipinski definition) is 0. The van der Waals surface area contributed by atoms with Gasteiger partial charge in [-0.15, -0.1) is 0 Å². The number of carbonyl (C=O) groups excluding carboxylic acids is 1. The highest BCUT2D eigenvalue weighted by molar-refractivity contribution is 5.83. The Morgan fingerprint density at radius 1 is 1.04 bits per heavy atom. The second kappa shape index (κ2) is 4.90. The van der Waals surface area contributed by atoms with E-state index in [1.54, 1.807) is 0 Å². The van der Waals surface area contributed by atoms with Crippen LogP contribution in [0.3, 0.4) is 0 Å². The van der Waals surface area contributed by atoms with Crippen molar-refractivity contribution in [1.29, 1.82) is 0 Å². The molecule has 7 rings (SSSR count). The summed E-state index contributed by atoms with van der Waals surface area (Å²) in [6, 6.07) is 9.46. The number of aryl methyl sites for hydroxylation is 1. The van der Waals surface area contributed by atoms with Crippen LogP contribution < -0.4 is 0 Å². The maximum Gasteiger partial charge on any atom is 0.226 e. The first kappa shape index (κ1) is 14.8. The molecule has 1 saturated heterocycles. The third-order valence-corrected chi connectivity index (χ3v) is 8.55. The molecule has 1 unspecified atom stereocenters. The summed E-state index contributed by atoms with van der Waals surface area (Å²) < 4.78 is 0. The molecule has 4 saturated carbocycles. The van der Waals surface area contributed by atoms with E-state index in [0.717, 1.165) is 37.1 Å². The molecule has 1 aliphatic heterocycles. The standard InChI is InChI=1S/C23H29NO/c1-23-10-14-8-16(11-23)21(17(9-14)12-23)24-13-20-18-5-3-2-4-15(18)6-7-19(20)22(24)25/h2-5,14,16-17,19-21H,6-13H2,1H3/t14?,16-,17+,19-,20-,21+,23-/m1/s1. The second-order valence-corrected chi connectivity index (χ2v) is 10.2. The molecule has 5 fully saturated rings. The molecule has 1 aromatic rings. The van der Waals surface area contributed by atoms with E-state index < -0.39 is 0 Å². The molecular weight excluding hydrogens is 306 g/mol. The number of carbonyl (C=O) groups is 1. The summed E-state index contributed by atoms with van der Waals surface area (Å²) in [5.41, 5.74) is 3.57. The lowest BCUT2D eigenvalue weighted by Gasteiger charge is -2.60. The zero-order valence-corrected chi connectivity index (χ0v) is 15.3. The van der Waals surface area contributed by atoms with Crippen molar-refractivity contribution in [2.45, 2.75) is 63.8 Å². The van der Waals surface area contributed by atoms with Gasteiger partial charge in [-0.25, -0.2) is 0 Å². The third kappa shape index (κ3) is 2.00. The first-order chi connectivity index (χ1) is 12.1. The molecule has 7 atom stereocenters. The number of rotatable bonds is 1. The van der Waals surface area contributed by atoms with Gasteiger partial charge in [-0.3, -0.25) is 4.79 Å². The normalized spacial score (nSPS) is 47.1. The van der Waals surface area contributed by atoms with Crippen LogP contribution in [0.4, 0.5) is 0 Å². The zero-order valence-electron chi connectivity index (χ0n) is 15.3. The van der Waals surface area contributed by atoms with Gasteiger partial charge in [0.1, 0.15) is 0 Å². The van der Waals surface area contributed by atoms with Crippen LogP contribution in [0.15, 0.2) is 24.3 Å². The summed E-state index contributed by atoms with van der Waals surface area (Å²) in [4.78, 5) is 15.8. The fourth-order valence-corrected chi connectivity index (χ4v) is 8.07. The third-order valence-electron chi connectivity index (χ3n) is 8.55. The monoisotopic (exact) mass is 335 g/mol. The Labute approximate surface area is 151 Å². The number of fused-ring (bicyclic) bond motifs is 3. The summed E-state index contributed by atoms with van der Waals surface area (Å²) in [5.74, 6) is 3.76. The van der Waals surface area contributed by atoms with Crippen LogP contribution in [0.1, 0.15) is 62.5 Å². The van der Waals surface area contributed by atoms with E-state index in [9.17, 15) is 4.79 Å². The first-order valence-corrected chi connectivity index (χ1v) is 10.5. The predicted molar refractivity (Wildman–Crippen MR) is 98.2 cm³/mol. The average molecular weight is 335 g/mol. The van der Waals surface area contributed by atoms with Gasteiger partial charge in [0.2, 0.25) is 5.91 Å². The van der Waals surface area contributed by atoms with Crippen LogP contribution in [0.5, 0.6) is 0 Å². The van der Waals surface area contributed by atoms with Gasteiger partial charge in [0.15, 0.2) is 0 Å². The largest absolute Gasteiger partial charge is 0.338 e. The summed E-state index contributed by atoms with van der Waals surface area (Å²) in [5, 5.41) is 0. The van der Waals surface area contributed by atoms with Crippen molar-refractivity contribution in [3.05, 3.63) is 35.4 Å². The Morgan fingerprint density at radius 2 is 1.80 bits per heavy atom. The van der Waals surface area contributed by atoms with Crippen LogP contribution in [-0.4, -0.2) is 23.4 Å². The smallest absolute Gasteiger partial charge is 0.226 e. The average Bonchev–Trinajstić information content (AvgIpc) is 2.90. The minimum absolute atomic E-state index is 0.266. The van der Waals surface area contributed by atoms with E-state index in [4.69, 9.17) is 0 Å². The van der Waals surface area contributed by atoms with Gasteiger partial charge in [0.25, 0.3) is 0 Å². The molecule has 0 radical (unpaired) electrons. The SMILES string of the molecule is C[C@@]12CC3C[C@H](C1)[C@H](N1C[C@@H]4c5ccccc5CC[C@H]4C1=O)[C@@H](C3)C2. The Kier molecular flexibility index (Phi) is 2.90. The Bertz CT molecular complexity index is 723. The van der Waals surface area contributed by atoms with Crippen LogP contribution >= 0.6 is 0 Å². The minimum atomic E-state index is 0.266. The molecule has 1 aromatic carbocycles. The lowest BCUT2D eigenvalue weighted by molar-refractivity contribution is -0.147. The Hall–Kier alpha value is -1.31. The minimum Gasteiger partial charge on any atom is -0.338 e. The van der Waals surface area contributed by atoms with E-state index in [-0.39, 0.29) is 5.92 Å². The molecule has 25 heavy (non-hydrogen) atoms. The van der Waals surface area contributed by atoms with Crippen molar-refractivity contribution in [3.63, 3.8) is 0 Å². The second-order valence-electron chi connectivity index (χ2n) is 10.2. The first-order valence-electron chi connectivity index (χ1n) is 10.5. The number of benzene rings is 1. The van der Waals surface area contributed by atoms with Gasteiger partial charge in [0.05, 0.1) is 0 Å². The van der Waals surface area contributed by atoms with Crippen LogP contribution in [0.25, 0.3) is 0 Å². The van der Waals surface area contributed by atoms with Gasteiger partial charge in [-0.2, -0.15) is 0 Å². The van der Waals surface area contributed by atoms with E-state index in [1.165, 1.54) is 43.2 Å². The summed E-state index contributed by atoms with van der Waals surface area (Å²) in [7, 11) is 0. The van der Waals surface area contributed by atoms with E-state index in [0.29, 0.717) is 23.3 Å². The van der Waals surface area contributed by atoms with E-state index in [2.05, 4.69) is 36.1 Å². The quantitative estimate of drug-likeness (QED) is 0.745. The molecular formula is C23H29NO. The Morgan fingerprint density at radius 3 is 2.56 bits per heavy atom. The topological polar surface area (TPSA) is 20.3 Å². The maximum absolute atomic E-state index is 13.4. The highest BCUT2D eigenvalue weighted by atomic mass is 16.2. The van der Waals surface area contributed by atoms with Crippen molar-refractivity contribution in [2.75, 3.05) is 6.54 Å². The van der Waals surface area contributed by atoms with Gasteiger partial charge < -0.3 is 4.90 Å². The predicted octanol–water partition coefficient (Wildman–Crippen LogP) is 4.39. The summed E-state index contributed by atoms with van der Waals surface area (Å²) >= 11 is 0. The van der Waals surface area contributed by atoms with Crippen molar-refractivity contribution in [2.24, 2.45) is 29.1 Å². The number of likely N-dealkylation sites (tertiary alicyclic amines) is 1. The number of hydrogen-bond acceptors (Lipinski definition) is 1. The molecule has 1 amide bonds. The van der Waals surface area contributed by atoms with Gasteiger partial charge >= 0.3 is 0 Å². The van der Waals surface area contributed by atoms with Gasteiger partial charge in [-0.1, -0.05) is 31.2 Å². The molecule has 0 aromatic heterocycles. The van der Waals surface area contributed by atoms with E-state index >= 15 is 0 Å². The molecule has 2 nitrogen and oxygen atoms in total. The van der Waals surface area contributed by atoms with Crippen LogP contribution in [0.2, 0.25) is 0 Å². The molecule has 0 N–H and O–H groups in total. The number of nitrogens with zero attached hydrogens (tertiary/aromatic N) is 1. The zero-order chi connectivity index (χ0) is 16.8. The number of amides is 1.